The van der Waals surface area contributed by atoms with Crippen LogP contribution in [0.15, 0.2) is 24.3 Å². The zero-order chi connectivity index (χ0) is 18.8. The number of piperidine rings is 1. The lowest BCUT2D eigenvalue weighted by Gasteiger charge is -2.31. The molecule has 1 aromatic carbocycles. The van der Waals surface area contributed by atoms with E-state index in [1.807, 2.05) is 31.2 Å². The first-order chi connectivity index (χ1) is 13.1. The van der Waals surface area contributed by atoms with Gasteiger partial charge in [-0.05, 0) is 31.9 Å². The number of carbonyl (C=O) groups is 1. The summed E-state index contributed by atoms with van der Waals surface area (Å²) in [5.74, 6) is 2.64. The predicted molar refractivity (Wildman–Crippen MR) is 100 cm³/mol. The van der Waals surface area contributed by atoms with E-state index in [1.165, 1.54) is 0 Å². The van der Waals surface area contributed by atoms with Crippen LogP contribution in [0.5, 0.6) is 11.5 Å². The summed E-state index contributed by atoms with van der Waals surface area (Å²) in [5.41, 5.74) is 0.855. The molecule has 2 aliphatic heterocycles. The molecular weight excluding hydrogens is 348 g/mol. The smallest absolute Gasteiger partial charge is 0.306 e. The number of benzene rings is 1. The molecule has 1 saturated heterocycles. The summed E-state index contributed by atoms with van der Waals surface area (Å²) in [6.07, 6.45) is 1.26. The van der Waals surface area contributed by atoms with Crippen molar-refractivity contribution in [3.63, 3.8) is 0 Å². The fraction of sp³-hybridized carbons (Fsp3) is 0.421. The van der Waals surface area contributed by atoms with Gasteiger partial charge in [0, 0.05) is 30.9 Å². The van der Waals surface area contributed by atoms with Crippen LogP contribution in [0.1, 0.15) is 18.7 Å². The molecule has 2 aliphatic rings. The Labute approximate surface area is 157 Å². The summed E-state index contributed by atoms with van der Waals surface area (Å²) in [7, 11) is 0. The summed E-state index contributed by atoms with van der Waals surface area (Å²) < 4.78 is 11.2. The van der Waals surface area contributed by atoms with Crippen molar-refractivity contribution in [2.24, 2.45) is 5.92 Å². The van der Waals surface area contributed by atoms with E-state index in [0.29, 0.717) is 56.5 Å². The van der Waals surface area contributed by atoms with Crippen LogP contribution >= 0.6 is 0 Å². The Morgan fingerprint density at radius 1 is 1.15 bits per heavy atom. The minimum atomic E-state index is -0.713. The van der Waals surface area contributed by atoms with Crippen molar-refractivity contribution in [1.82, 2.24) is 9.97 Å². The van der Waals surface area contributed by atoms with Crippen LogP contribution in [0, 0.1) is 12.8 Å². The van der Waals surface area contributed by atoms with Crippen molar-refractivity contribution < 1.29 is 19.4 Å². The zero-order valence-corrected chi connectivity index (χ0v) is 15.1. The van der Waals surface area contributed by atoms with Crippen LogP contribution in [-0.2, 0) is 4.79 Å². The second kappa shape index (κ2) is 7.30. The van der Waals surface area contributed by atoms with Gasteiger partial charge >= 0.3 is 5.97 Å². The fourth-order valence-electron chi connectivity index (χ4n) is 3.40. The number of anilines is 3. The van der Waals surface area contributed by atoms with E-state index < -0.39 is 5.97 Å². The van der Waals surface area contributed by atoms with Gasteiger partial charge in [0.15, 0.2) is 11.5 Å². The lowest BCUT2D eigenvalue weighted by Crippen LogP contribution is -2.36. The number of aromatic nitrogens is 2. The molecule has 0 aliphatic carbocycles. The Morgan fingerprint density at radius 3 is 2.63 bits per heavy atom. The lowest BCUT2D eigenvalue weighted by atomic mass is 9.97. The molecule has 0 saturated carbocycles. The topological polar surface area (TPSA) is 96.8 Å². The monoisotopic (exact) mass is 370 g/mol. The van der Waals surface area contributed by atoms with Crippen molar-refractivity contribution >= 4 is 23.3 Å². The standard InChI is InChI=1S/C19H22N4O4/c1-12-20-17(22-14-2-3-15-16(10-14)27-9-8-26-15)11-18(21-12)23-6-4-13(5-7-23)19(24)25/h2-3,10-11,13H,4-9H2,1H3,(H,24,25)(H,20,21,22). The summed E-state index contributed by atoms with van der Waals surface area (Å²) >= 11 is 0. The molecule has 0 radical (unpaired) electrons. The number of carboxylic acid groups (broad SMARTS) is 1. The molecule has 142 valence electrons. The number of ether oxygens (including phenoxy) is 2. The third-order valence-corrected chi connectivity index (χ3v) is 4.81. The van der Waals surface area contributed by atoms with Gasteiger partial charge in [-0.1, -0.05) is 0 Å². The molecule has 2 N–H and O–H groups in total. The van der Waals surface area contributed by atoms with E-state index in [-0.39, 0.29) is 5.92 Å². The summed E-state index contributed by atoms with van der Waals surface area (Å²) in [4.78, 5) is 22.2. The van der Waals surface area contributed by atoms with Gasteiger partial charge in [0.2, 0.25) is 0 Å². The molecule has 4 rings (SSSR count). The maximum absolute atomic E-state index is 11.1. The number of carboxylic acids is 1. The third-order valence-electron chi connectivity index (χ3n) is 4.81. The molecule has 0 atom stereocenters. The van der Waals surface area contributed by atoms with Gasteiger partial charge in [-0.15, -0.1) is 0 Å². The average Bonchev–Trinajstić information content (AvgIpc) is 2.67. The molecule has 0 bridgehead atoms. The molecule has 0 amide bonds. The Bertz CT molecular complexity index is 850. The van der Waals surface area contributed by atoms with E-state index in [2.05, 4.69) is 20.2 Å². The molecule has 2 aromatic rings. The molecule has 8 heteroatoms. The van der Waals surface area contributed by atoms with Crippen molar-refractivity contribution in [3.8, 4) is 11.5 Å². The van der Waals surface area contributed by atoms with Gasteiger partial charge in [0.05, 0.1) is 5.92 Å². The Kier molecular flexibility index (Phi) is 4.70. The molecule has 0 unspecified atom stereocenters. The maximum Gasteiger partial charge on any atom is 0.306 e. The predicted octanol–water partition coefficient (Wildman–Crippen LogP) is 2.60. The fourth-order valence-corrected chi connectivity index (χ4v) is 3.40. The molecule has 27 heavy (non-hydrogen) atoms. The van der Waals surface area contributed by atoms with Gasteiger partial charge in [-0.2, -0.15) is 0 Å². The SMILES string of the molecule is Cc1nc(Nc2ccc3c(c2)OCCO3)cc(N2CCC(C(=O)O)CC2)n1. The van der Waals surface area contributed by atoms with E-state index in [9.17, 15) is 4.79 Å². The average molecular weight is 370 g/mol. The summed E-state index contributed by atoms with van der Waals surface area (Å²) in [5, 5.41) is 12.5. The van der Waals surface area contributed by atoms with Crippen LogP contribution < -0.4 is 19.7 Å². The van der Waals surface area contributed by atoms with E-state index >= 15 is 0 Å². The minimum absolute atomic E-state index is 0.264. The highest BCUT2D eigenvalue weighted by molar-refractivity contribution is 5.70. The Balaban J connectivity index is 1.50. The van der Waals surface area contributed by atoms with Crippen LogP contribution in [0.25, 0.3) is 0 Å². The largest absolute Gasteiger partial charge is 0.486 e. The van der Waals surface area contributed by atoms with Gasteiger partial charge in [-0.3, -0.25) is 4.79 Å². The van der Waals surface area contributed by atoms with Gasteiger partial charge in [0.25, 0.3) is 0 Å². The van der Waals surface area contributed by atoms with Crippen molar-refractivity contribution in [3.05, 3.63) is 30.1 Å². The Hall–Kier alpha value is -3.03. The first-order valence-corrected chi connectivity index (χ1v) is 9.08. The van der Waals surface area contributed by atoms with Crippen LogP contribution in [0.2, 0.25) is 0 Å². The van der Waals surface area contributed by atoms with Crippen LogP contribution in [0.4, 0.5) is 17.3 Å². The summed E-state index contributed by atoms with van der Waals surface area (Å²) in [6, 6.07) is 7.58. The second-order valence-electron chi connectivity index (χ2n) is 6.74. The van der Waals surface area contributed by atoms with Gasteiger partial charge < -0.3 is 24.8 Å². The molecule has 1 fully saturated rings. The highest BCUT2D eigenvalue weighted by Crippen LogP contribution is 2.34. The molecule has 8 nitrogen and oxygen atoms in total. The number of nitrogens with one attached hydrogen (secondary N) is 1. The first-order valence-electron chi connectivity index (χ1n) is 9.08. The summed E-state index contributed by atoms with van der Waals surface area (Å²) in [6.45, 7) is 4.31. The van der Waals surface area contributed by atoms with Crippen molar-refractivity contribution in [1.29, 1.82) is 0 Å². The number of fused-ring (bicyclic) bond motifs is 1. The molecule has 3 heterocycles. The second-order valence-corrected chi connectivity index (χ2v) is 6.74. The molecule has 1 aromatic heterocycles. The number of aryl methyl sites for hydroxylation is 1. The third kappa shape index (κ3) is 3.89. The number of aliphatic carboxylic acids is 1. The van der Waals surface area contributed by atoms with Gasteiger partial charge in [0.1, 0.15) is 30.7 Å². The highest BCUT2D eigenvalue weighted by atomic mass is 16.6. The van der Waals surface area contributed by atoms with Crippen molar-refractivity contribution in [2.75, 3.05) is 36.5 Å². The quantitative estimate of drug-likeness (QED) is 0.848. The first kappa shape index (κ1) is 17.4. The lowest BCUT2D eigenvalue weighted by molar-refractivity contribution is -0.142. The maximum atomic E-state index is 11.1. The number of hydrogen-bond donors (Lipinski definition) is 2. The van der Waals surface area contributed by atoms with E-state index in [1.54, 1.807) is 0 Å². The minimum Gasteiger partial charge on any atom is -0.486 e. The van der Waals surface area contributed by atoms with Crippen molar-refractivity contribution in [2.45, 2.75) is 19.8 Å². The van der Waals surface area contributed by atoms with Crippen LogP contribution in [-0.4, -0.2) is 47.3 Å². The highest BCUT2D eigenvalue weighted by Gasteiger charge is 2.25. The van der Waals surface area contributed by atoms with E-state index in [0.717, 1.165) is 17.3 Å². The number of nitrogens with zero attached hydrogens (tertiary/aromatic N) is 3. The Morgan fingerprint density at radius 2 is 1.89 bits per heavy atom. The molecule has 0 spiro atoms. The normalized spacial score (nSPS) is 16.9. The number of hydrogen-bond acceptors (Lipinski definition) is 7. The van der Waals surface area contributed by atoms with Crippen LogP contribution in [0.3, 0.4) is 0 Å². The number of rotatable bonds is 4. The molecular formula is C19H22N4O4. The van der Waals surface area contributed by atoms with Gasteiger partial charge in [-0.25, -0.2) is 9.97 Å². The zero-order valence-electron chi connectivity index (χ0n) is 15.1. The van der Waals surface area contributed by atoms with E-state index in [4.69, 9.17) is 14.6 Å².